The van der Waals surface area contributed by atoms with Crippen molar-refractivity contribution in [2.24, 2.45) is 0 Å². The van der Waals surface area contributed by atoms with E-state index in [0.717, 1.165) is 6.07 Å². The van der Waals surface area contributed by atoms with Gasteiger partial charge in [0.15, 0.2) is 0 Å². The molecule has 27 heavy (non-hydrogen) atoms. The molecular formula is C19H17FN2O4S. The van der Waals surface area contributed by atoms with E-state index in [-0.39, 0.29) is 17.0 Å². The van der Waals surface area contributed by atoms with Crippen molar-refractivity contribution >= 4 is 21.6 Å². The fourth-order valence-electron chi connectivity index (χ4n) is 2.32. The quantitative estimate of drug-likeness (QED) is 0.677. The summed E-state index contributed by atoms with van der Waals surface area (Å²) in [6.45, 7) is 1.64. The summed E-state index contributed by atoms with van der Waals surface area (Å²) in [7, 11) is -3.72. The van der Waals surface area contributed by atoms with Crippen molar-refractivity contribution in [2.45, 2.75) is 18.4 Å². The number of carbonyl (C=O) groups is 1. The number of anilines is 1. The van der Waals surface area contributed by atoms with Gasteiger partial charge in [-0.25, -0.2) is 17.5 Å². The molecule has 0 aliphatic carbocycles. The predicted octanol–water partition coefficient (Wildman–Crippen LogP) is 3.46. The molecule has 0 fully saturated rings. The number of amides is 1. The molecule has 2 aromatic carbocycles. The van der Waals surface area contributed by atoms with E-state index in [2.05, 4.69) is 10.0 Å². The maximum Gasteiger partial charge on any atom is 0.255 e. The van der Waals surface area contributed by atoms with Gasteiger partial charge in [-0.15, -0.1) is 0 Å². The first-order valence-corrected chi connectivity index (χ1v) is 9.53. The van der Waals surface area contributed by atoms with Crippen LogP contribution in [-0.4, -0.2) is 14.3 Å². The van der Waals surface area contributed by atoms with Crippen molar-refractivity contribution in [1.29, 1.82) is 0 Å². The molecule has 0 radical (unpaired) electrons. The average Bonchev–Trinajstić information content (AvgIpc) is 3.16. The zero-order valence-corrected chi connectivity index (χ0v) is 15.2. The number of sulfonamides is 1. The third-order valence-corrected chi connectivity index (χ3v) is 5.29. The molecule has 0 spiro atoms. The van der Waals surface area contributed by atoms with Crippen LogP contribution >= 0.6 is 0 Å². The van der Waals surface area contributed by atoms with Crippen LogP contribution in [0.15, 0.2) is 70.2 Å². The second-order valence-corrected chi connectivity index (χ2v) is 7.61. The van der Waals surface area contributed by atoms with Gasteiger partial charge in [-0.1, -0.05) is 6.07 Å². The fraction of sp³-hybridized carbons (Fsp3) is 0.105. The van der Waals surface area contributed by atoms with Crippen molar-refractivity contribution in [2.75, 3.05) is 5.32 Å². The molecule has 3 aromatic rings. The Bertz CT molecular complexity index is 1050. The van der Waals surface area contributed by atoms with Gasteiger partial charge in [0, 0.05) is 11.3 Å². The van der Waals surface area contributed by atoms with E-state index in [1.807, 2.05) is 0 Å². The minimum Gasteiger partial charge on any atom is -0.468 e. The van der Waals surface area contributed by atoms with Crippen LogP contribution in [0.2, 0.25) is 0 Å². The van der Waals surface area contributed by atoms with E-state index in [1.54, 1.807) is 19.1 Å². The molecule has 0 atom stereocenters. The molecular weight excluding hydrogens is 371 g/mol. The Kier molecular flexibility index (Phi) is 5.38. The molecule has 140 valence electrons. The zero-order valence-electron chi connectivity index (χ0n) is 14.4. The molecule has 1 aromatic heterocycles. The van der Waals surface area contributed by atoms with E-state index in [9.17, 15) is 17.6 Å². The average molecular weight is 388 g/mol. The van der Waals surface area contributed by atoms with Crippen molar-refractivity contribution < 1.29 is 22.0 Å². The highest BCUT2D eigenvalue weighted by Gasteiger charge is 2.15. The Morgan fingerprint density at radius 1 is 1.11 bits per heavy atom. The first-order valence-electron chi connectivity index (χ1n) is 8.05. The summed E-state index contributed by atoms with van der Waals surface area (Å²) in [6, 6.07) is 13.2. The molecule has 1 amide bonds. The molecule has 0 saturated heterocycles. The Morgan fingerprint density at radius 2 is 1.85 bits per heavy atom. The van der Waals surface area contributed by atoms with E-state index in [4.69, 9.17) is 4.42 Å². The highest BCUT2D eigenvalue weighted by molar-refractivity contribution is 7.89. The van der Waals surface area contributed by atoms with Crippen LogP contribution in [0.25, 0.3) is 0 Å². The van der Waals surface area contributed by atoms with Gasteiger partial charge in [-0.05, 0) is 61.0 Å². The van der Waals surface area contributed by atoms with Gasteiger partial charge < -0.3 is 9.73 Å². The minimum absolute atomic E-state index is 0.0345. The van der Waals surface area contributed by atoms with Crippen molar-refractivity contribution in [3.63, 3.8) is 0 Å². The third-order valence-electron chi connectivity index (χ3n) is 3.87. The summed E-state index contributed by atoms with van der Waals surface area (Å²) >= 11 is 0. The van der Waals surface area contributed by atoms with Crippen molar-refractivity contribution in [3.8, 4) is 0 Å². The number of hydrogen-bond acceptors (Lipinski definition) is 4. The first-order chi connectivity index (χ1) is 12.8. The lowest BCUT2D eigenvalue weighted by atomic mass is 10.1. The highest BCUT2D eigenvalue weighted by atomic mass is 32.2. The summed E-state index contributed by atoms with van der Waals surface area (Å²) in [5.41, 5.74) is 1.02. The van der Waals surface area contributed by atoms with Crippen LogP contribution in [0.4, 0.5) is 10.1 Å². The van der Waals surface area contributed by atoms with Gasteiger partial charge in [0.1, 0.15) is 11.6 Å². The number of rotatable bonds is 6. The Labute approximate surface area is 156 Å². The smallest absolute Gasteiger partial charge is 0.255 e. The van der Waals surface area contributed by atoms with Gasteiger partial charge in [0.25, 0.3) is 5.91 Å². The van der Waals surface area contributed by atoms with E-state index < -0.39 is 21.7 Å². The maximum absolute atomic E-state index is 13.6. The fourth-order valence-corrected chi connectivity index (χ4v) is 3.31. The number of benzene rings is 2. The Balaban J connectivity index is 1.67. The van der Waals surface area contributed by atoms with Crippen LogP contribution in [0.3, 0.4) is 0 Å². The number of hydrogen-bond donors (Lipinski definition) is 2. The molecule has 2 N–H and O–H groups in total. The van der Waals surface area contributed by atoms with Gasteiger partial charge >= 0.3 is 0 Å². The third kappa shape index (κ3) is 4.60. The standard InChI is InChI=1S/C19H17FN2O4S/c1-13-4-5-14(11-18(13)20)19(23)22-15-6-8-17(9-7-15)27(24,25)21-12-16-3-2-10-26-16/h2-11,21H,12H2,1H3,(H,22,23). The summed E-state index contributed by atoms with van der Waals surface area (Å²) < 4.78 is 45.6. The second kappa shape index (κ2) is 7.73. The predicted molar refractivity (Wildman–Crippen MR) is 98.3 cm³/mol. The summed E-state index contributed by atoms with van der Waals surface area (Å²) in [4.78, 5) is 12.2. The molecule has 0 aliphatic heterocycles. The Morgan fingerprint density at radius 3 is 2.48 bits per heavy atom. The maximum atomic E-state index is 13.6. The molecule has 0 bridgehead atoms. The van der Waals surface area contributed by atoms with Crippen LogP contribution in [0.5, 0.6) is 0 Å². The lowest BCUT2D eigenvalue weighted by molar-refractivity contribution is 0.102. The number of halogens is 1. The molecule has 8 heteroatoms. The number of nitrogens with one attached hydrogen (secondary N) is 2. The van der Waals surface area contributed by atoms with E-state index in [0.29, 0.717) is 17.0 Å². The molecule has 6 nitrogen and oxygen atoms in total. The summed E-state index contributed by atoms with van der Waals surface area (Å²) in [5, 5.41) is 2.60. The number of furan rings is 1. The van der Waals surface area contributed by atoms with Gasteiger partial charge in [0.05, 0.1) is 17.7 Å². The SMILES string of the molecule is Cc1ccc(C(=O)Nc2ccc(S(=O)(=O)NCc3ccco3)cc2)cc1F. The normalized spacial score (nSPS) is 11.3. The van der Waals surface area contributed by atoms with Crippen LogP contribution in [0.1, 0.15) is 21.7 Å². The lowest BCUT2D eigenvalue weighted by Crippen LogP contribution is -2.23. The van der Waals surface area contributed by atoms with Gasteiger partial charge in [0.2, 0.25) is 10.0 Å². The monoisotopic (exact) mass is 388 g/mol. The number of carbonyl (C=O) groups excluding carboxylic acids is 1. The summed E-state index contributed by atoms with van der Waals surface area (Å²) in [5.74, 6) is -0.458. The van der Waals surface area contributed by atoms with Gasteiger partial charge in [-0.2, -0.15) is 0 Å². The molecule has 1 heterocycles. The van der Waals surface area contributed by atoms with Crippen molar-refractivity contribution in [3.05, 3.63) is 83.6 Å². The molecule has 0 unspecified atom stereocenters. The van der Waals surface area contributed by atoms with Crippen LogP contribution < -0.4 is 10.0 Å². The molecule has 3 rings (SSSR count). The molecule has 0 aliphatic rings. The second-order valence-electron chi connectivity index (χ2n) is 5.85. The zero-order chi connectivity index (χ0) is 19.4. The first kappa shape index (κ1) is 18.8. The largest absolute Gasteiger partial charge is 0.468 e. The molecule has 0 saturated carbocycles. The van der Waals surface area contributed by atoms with Crippen molar-refractivity contribution in [1.82, 2.24) is 4.72 Å². The lowest BCUT2D eigenvalue weighted by Gasteiger charge is -2.08. The van der Waals surface area contributed by atoms with Crippen LogP contribution in [-0.2, 0) is 16.6 Å². The van der Waals surface area contributed by atoms with E-state index in [1.165, 1.54) is 42.7 Å². The van der Waals surface area contributed by atoms with Crippen LogP contribution in [0, 0.1) is 12.7 Å². The van der Waals surface area contributed by atoms with E-state index >= 15 is 0 Å². The summed E-state index contributed by atoms with van der Waals surface area (Å²) in [6.07, 6.45) is 1.46. The Hall–Kier alpha value is -2.97. The number of aryl methyl sites for hydroxylation is 1. The van der Waals surface area contributed by atoms with Gasteiger partial charge in [-0.3, -0.25) is 4.79 Å². The highest BCUT2D eigenvalue weighted by Crippen LogP contribution is 2.16. The minimum atomic E-state index is -3.72. The topological polar surface area (TPSA) is 88.4 Å².